The topological polar surface area (TPSA) is 89.9 Å². The van der Waals surface area contributed by atoms with Crippen LogP contribution in [0, 0.1) is 0 Å². The lowest BCUT2D eigenvalue weighted by Gasteiger charge is -2.24. The predicted molar refractivity (Wildman–Crippen MR) is 78.9 cm³/mol. The molecule has 0 fully saturated rings. The third-order valence-corrected chi connectivity index (χ3v) is 3.09. The van der Waals surface area contributed by atoms with Crippen LogP contribution in [0.1, 0.15) is 31.4 Å². The number of carbonyl (C=O) groups is 2. The predicted octanol–water partition coefficient (Wildman–Crippen LogP) is 1.62. The number of benzene rings is 1. The van der Waals surface area contributed by atoms with Gasteiger partial charge < -0.3 is 20.4 Å². The quantitative estimate of drug-likeness (QED) is 0.679. The lowest BCUT2D eigenvalue weighted by Crippen LogP contribution is -2.45. The summed E-state index contributed by atoms with van der Waals surface area (Å²) in [5, 5.41) is 20.8. The highest BCUT2D eigenvalue weighted by Crippen LogP contribution is 2.13. The first-order valence-corrected chi connectivity index (χ1v) is 7.04. The van der Waals surface area contributed by atoms with Gasteiger partial charge in [0.25, 0.3) is 0 Å². The molecule has 0 heterocycles. The van der Waals surface area contributed by atoms with Gasteiger partial charge in [-0.1, -0.05) is 43.7 Å². The second-order valence-corrected chi connectivity index (χ2v) is 4.70. The van der Waals surface area contributed by atoms with E-state index in [-0.39, 0.29) is 13.2 Å². The highest BCUT2D eigenvalue weighted by atomic mass is 16.4. The maximum atomic E-state index is 12.2. The Morgan fingerprint density at radius 3 is 2.43 bits per heavy atom. The van der Waals surface area contributed by atoms with Crippen molar-refractivity contribution in [2.75, 3.05) is 19.7 Å². The molecule has 0 saturated carbocycles. The van der Waals surface area contributed by atoms with Crippen LogP contribution < -0.4 is 5.32 Å². The maximum Gasteiger partial charge on any atom is 0.330 e. The largest absolute Gasteiger partial charge is 0.479 e. The molecular weight excluding hydrogens is 272 g/mol. The van der Waals surface area contributed by atoms with E-state index in [2.05, 4.69) is 5.32 Å². The van der Waals surface area contributed by atoms with Crippen molar-refractivity contribution in [2.24, 2.45) is 0 Å². The summed E-state index contributed by atoms with van der Waals surface area (Å²) in [6, 6.07) is 6.96. The lowest BCUT2D eigenvalue weighted by atomic mass is 10.1. The van der Waals surface area contributed by atoms with Crippen LogP contribution in [0.3, 0.4) is 0 Å². The average Bonchev–Trinajstić information content (AvgIpc) is 2.49. The molecule has 3 N–H and O–H groups in total. The van der Waals surface area contributed by atoms with Crippen LogP contribution in [0.25, 0.3) is 0 Å². The third kappa shape index (κ3) is 5.43. The molecule has 1 aromatic rings. The molecule has 0 spiro atoms. The van der Waals surface area contributed by atoms with Gasteiger partial charge >= 0.3 is 12.0 Å². The number of unbranched alkanes of at least 4 members (excludes halogenated alkanes) is 1. The summed E-state index contributed by atoms with van der Waals surface area (Å²) < 4.78 is 0. The summed E-state index contributed by atoms with van der Waals surface area (Å²) in [7, 11) is 0. The summed E-state index contributed by atoms with van der Waals surface area (Å²) in [4.78, 5) is 24.9. The molecule has 0 bridgehead atoms. The number of carboxylic acid groups (broad SMARTS) is 1. The SMILES string of the molecule is CCCCN(CCO)C(=O)N[C@@H](C(=O)O)c1ccccc1. The molecule has 0 aliphatic rings. The number of rotatable bonds is 8. The van der Waals surface area contributed by atoms with Gasteiger partial charge in [-0.25, -0.2) is 9.59 Å². The molecule has 1 aromatic carbocycles. The van der Waals surface area contributed by atoms with Crippen LogP contribution >= 0.6 is 0 Å². The molecule has 0 radical (unpaired) electrons. The van der Waals surface area contributed by atoms with E-state index in [9.17, 15) is 14.7 Å². The number of hydrogen-bond acceptors (Lipinski definition) is 3. The van der Waals surface area contributed by atoms with Gasteiger partial charge in [0.05, 0.1) is 6.61 Å². The summed E-state index contributed by atoms with van der Waals surface area (Å²) in [5.41, 5.74) is 0.512. The number of nitrogens with one attached hydrogen (secondary N) is 1. The van der Waals surface area contributed by atoms with Gasteiger partial charge in [0.1, 0.15) is 0 Å². The minimum Gasteiger partial charge on any atom is -0.479 e. The molecule has 2 amide bonds. The minimum atomic E-state index is -1.12. The van der Waals surface area contributed by atoms with Crippen molar-refractivity contribution in [3.63, 3.8) is 0 Å². The lowest BCUT2D eigenvalue weighted by molar-refractivity contribution is -0.139. The number of amides is 2. The Bertz CT molecular complexity index is 450. The van der Waals surface area contributed by atoms with Crippen LogP contribution in [0.2, 0.25) is 0 Å². The first kappa shape index (κ1) is 17.0. The second-order valence-electron chi connectivity index (χ2n) is 4.70. The van der Waals surface area contributed by atoms with Gasteiger partial charge in [0.15, 0.2) is 6.04 Å². The van der Waals surface area contributed by atoms with E-state index in [0.29, 0.717) is 12.1 Å². The van der Waals surface area contributed by atoms with Gasteiger partial charge in [0.2, 0.25) is 0 Å². The Labute approximate surface area is 124 Å². The van der Waals surface area contributed by atoms with E-state index in [1.54, 1.807) is 30.3 Å². The Morgan fingerprint density at radius 2 is 1.90 bits per heavy atom. The zero-order chi connectivity index (χ0) is 15.7. The van der Waals surface area contributed by atoms with E-state index in [1.807, 2.05) is 6.92 Å². The van der Waals surface area contributed by atoms with Crippen molar-refractivity contribution in [3.05, 3.63) is 35.9 Å². The minimum absolute atomic E-state index is 0.153. The first-order chi connectivity index (χ1) is 10.1. The number of nitrogens with zero attached hydrogens (tertiary/aromatic N) is 1. The van der Waals surface area contributed by atoms with E-state index < -0.39 is 18.0 Å². The fraction of sp³-hybridized carbons (Fsp3) is 0.467. The second kappa shape index (κ2) is 8.97. The number of carbonyl (C=O) groups excluding carboxylic acids is 1. The number of aliphatic carboxylic acids is 1. The molecule has 21 heavy (non-hydrogen) atoms. The van der Waals surface area contributed by atoms with Crippen molar-refractivity contribution >= 4 is 12.0 Å². The molecule has 6 nitrogen and oxygen atoms in total. The fourth-order valence-corrected chi connectivity index (χ4v) is 1.93. The highest BCUT2D eigenvalue weighted by molar-refractivity contribution is 5.83. The Kier molecular flexibility index (Phi) is 7.25. The third-order valence-electron chi connectivity index (χ3n) is 3.09. The van der Waals surface area contributed by atoms with Crippen LogP contribution in [-0.2, 0) is 4.79 Å². The molecule has 0 unspecified atom stereocenters. The fourth-order valence-electron chi connectivity index (χ4n) is 1.93. The number of aliphatic hydroxyl groups excluding tert-OH is 1. The van der Waals surface area contributed by atoms with Gasteiger partial charge in [-0.3, -0.25) is 0 Å². The van der Waals surface area contributed by atoms with Gasteiger partial charge in [-0.15, -0.1) is 0 Å². The van der Waals surface area contributed by atoms with Crippen molar-refractivity contribution in [3.8, 4) is 0 Å². The van der Waals surface area contributed by atoms with Crippen molar-refractivity contribution in [1.82, 2.24) is 10.2 Å². The molecular formula is C15H22N2O4. The van der Waals surface area contributed by atoms with Crippen molar-refractivity contribution in [1.29, 1.82) is 0 Å². The Morgan fingerprint density at radius 1 is 1.24 bits per heavy atom. The number of aliphatic hydroxyl groups is 1. The van der Waals surface area contributed by atoms with Crippen LogP contribution in [0.15, 0.2) is 30.3 Å². The van der Waals surface area contributed by atoms with E-state index >= 15 is 0 Å². The van der Waals surface area contributed by atoms with E-state index in [1.165, 1.54) is 4.90 Å². The molecule has 0 saturated heterocycles. The van der Waals surface area contributed by atoms with Crippen LogP contribution in [0.5, 0.6) is 0 Å². The Balaban J connectivity index is 2.77. The molecule has 6 heteroatoms. The van der Waals surface area contributed by atoms with Gasteiger partial charge in [-0.2, -0.15) is 0 Å². The number of carboxylic acids is 1. The van der Waals surface area contributed by atoms with Gasteiger partial charge in [0, 0.05) is 13.1 Å². The van der Waals surface area contributed by atoms with E-state index in [0.717, 1.165) is 12.8 Å². The summed E-state index contributed by atoms with van der Waals surface area (Å²) in [6.07, 6.45) is 1.72. The zero-order valence-electron chi connectivity index (χ0n) is 12.2. The van der Waals surface area contributed by atoms with Crippen LogP contribution in [-0.4, -0.2) is 46.8 Å². The summed E-state index contributed by atoms with van der Waals surface area (Å²) in [6.45, 7) is 2.52. The van der Waals surface area contributed by atoms with Gasteiger partial charge in [-0.05, 0) is 12.0 Å². The average molecular weight is 294 g/mol. The van der Waals surface area contributed by atoms with Crippen LogP contribution in [0.4, 0.5) is 4.79 Å². The normalized spacial score (nSPS) is 11.7. The molecule has 0 aliphatic heterocycles. The summed E-state index contributed by atoms with van der Waals surface area (Å²) in [5.74, 6) is -1.12. The molecule has 1 rings (SSSR count). The highest BCUT2D eigenvalue weighted by Gasteiger charge is 2.24. The van der Waals surface area contributed by atoms with E-state index in [4.69, 9.17) is 5.11 Å². The van der Waals surface area contributed by atoms with Crippen molar-refractivity contribution in [2.45, 2.75) is 25.8 Å². The molecule has 1 atom stereocenters. The standard InChI is InChI=1S/C15H22N2O4/c1-2-3-9-17(10-11-18)15(21)16-13(14(19)20)12-7-5-4-6-8-12/h4-8,13,18H,2-3,9-11H2,1H3,(H,16,21)(H,19,20)/t13-/m1/s1. The Hall–Kier alpha value is -2.08. The molecule has 0 aliphatic carbocycles. The zero-order valence-corrected chi connectivity index (χ0v) is 12.2. The monoisotopic (exact) mass is 294 g/mol. The molecule has 116 valence electrons. The number of urea groups is 1. The van der Waals surface area contributed by atoms with Crippen molar-refractivity contribution < 1.29 is 19.8 Å². The first-order valence-electron chi connectivity index (χ1n) is 7.04. The summed E-state index contributed by atoms with van der Waals surface area (Å²) >= 11 is 0. The number of hydrogen-bond donors (Lipinski definition) is 3. The smallest absolute Gasteiger partial charge is 0.330 e. The molecule has 0 aromatic heterocycles. The maximum absolute atomic E-state index is 12.2.